The molecule has 0 aliphatic rings. The Hall–Kier alpha value is -2.24. The summed E-state index contributed by atoms with van der Waals surface area (Å²) in [4.78, 5) is 16.6. The van der Waals surface area contributed by atoms with Crippen molar-refractivity contribution < 1.29 is 9.63 Å². The highest BCUT2D eigenvalue weighted by Crippen LogP contribution is 2.18. The molecule has 0 radical (unpaired) electrons. The minimum atomic E-state index is -0.446. The van der Waals surface area contributed by atoms with Crippen molar-refractivity contribution in [3.8, 4) is 0 Å². The van der Waals surface area contributed by atoms with Gasteiger partial charge < -0.3 is 15.9 Å². The van der Waals surface area contributed by atoms with Gasteiger partial charge in [0.1, 0.15) is 6.61 Å². The van der Waals surface area contributed by atoms with Gasteiger partial charge in [0.2, 0.25) is 5.96 Å². The Kier molecular flexibility index (Phi) is 5.66. The number of nitrogens with two attached hydrogens (primary N) is 1. The lowest BCUT2D eigenvalue weighted by Gasteiger charge is -2.11. The largest absolute Gasteiger partial charge is 0.393 e. The maximum Gasteiger partial charge on any atom is 0.326 e. The Morgan fingerprint density at radius 1 is 1.37 bits per heavy atom. The van der Waals surface area contributed by atoms with Crippen LogP contribution in [0.15, 0.2) is 23.4 Å². The predicted molar refractivity (Wildman–Crippen MR) is 75.9 cm³/mol. The molecular formula is C13H20N4O2. The summed E-state index contributed by atoms with van der Waals surface area (Å²) in [6, 6.07) is 5.33. The molecule has 6 nitrogen and oxygen atoms in total. The number of anilines is 1. The molecule has 0 saturated heterocycles. The van der Waals surface area contributed by atoms with E-state index in [-0.39, 0.29) is 5.96 Å². The van der Waals surface area contributed by atoms with Gasteiger partial charge in [-0.15, -0.1) is 0 Å². The second-order valence-electron chi connectivity index (χ2n) is 4.16. The van der Waals surface area contributed by atoms with E-state index in [0.717, 1.165) is 23.2 Å². The van der Waals surface area contributed by atoms with E-state index in [2.05, 4.69) is 15.8 Å². The first-order valence-corrected chi connectivity index (χ1v) is 6.14. The van der Waals surface area contributed by atoms with E-state index in [1.807, 2.05) is 39.0 Å². The number of amides is 2. The van der Waals surface area contributed by atoms with E-state index in [4.69, 9.17) is 10.6 Å². The zero-order valence-corrected chi connectivity index (χ0v) is 11.5. The van der Waals surface area contributed by atoms with E-state index >= 15 is 0 Å². The highest BCUT2D eigenvalue weighted by molar-refractivity contribution is 6.02. The number of carbonyl (C=O) groups is 1. The van der Waals surface area contributed by atoms with Crippen LogP contribution in [0.25, 0.3) is 0 Å². The normalized spacial score (nSPS) is 11.0. The van der Waals surface area contributed by atoms with Crippen molar-refractivity contribution in [2.75, 3.05) is 11.9 Å². The molecule has 0 heterocycles. The molecule has 1 aromatic carbocycles. The van der Waals surface area contributed by atoms with Crippen molar-refractivity contribution in [3.63, 3.8) is 0 Å². The number of nitrogens with one attached hydrogen (secondary N) is 2. The molecule has 0 aliphatic carbocycles. The molecular weight excluding hydrogens is 244 g/mol. The molecule has 0 saturated carbocycles. The first-order chi connectivity index (χ1) is 9.04. The Bertz CT molecular complexity index is 451. The molecule has 0 atom stereocenters. The second kappa shape index (κ2) is 7.25. The molecule has 1 rings (SSSR count). The Morgan fingerprint density at radius 2 is 2.00 bits per heavy atom. The number of hydrogen-bond acceptors (Lipinski definition) is 3. The summed E-state index contributed by atoms with van der Waals surface area (Å²) >= 11 is 0. The second-order valence-corrected chi connectivity index (χ2v) is 4.16. The fraction of sp³-hybridized carbons (Fsp3) is 0.385. The summed E-state index contributed by atoms with van der Waals surface area (Å²) in [6.07, 6.45) is 0.825. The highest BCUT2D eigenvalue weighted by Gasteiger charge is 2.07. The van der Waals surface area contributed by atoms with Crippen LogP contribution in [0.5, 0.6) is 0 Å². The number of rotatable bonds is 4. The van der Waals surface area contributed by atoms with Crippen LogP contribution in [0.2, 0.25) is 0 Å². The molecule has 4 N–H and O–H groups in total. The Morgan fingerprint density at radius 3 is 2.58 bits per heavy atom. The first kappa shape index (κ1) is 14.8. The van der Waals surface area contributed by atoms with Gasteiger partial charge in [-0.1, -0.05) is 25.1 Å². The average Bonchev–Trinajstić information content (AvgIpc) is 2.34. The molecule has 0 unspecified atom stereocenters. The number of para-hydroxylation sites is 1. The van der Waals surface area contributed by atoms with Crippen LogP contribution in [-0.4, -0.2) is 18.6 Å². The third kappa shape index (κ3) is 4.87. The van der Waals surface area contributed by atoms with Gasteiger partial charge in [-0.3, -0.25) is 5.32 Å². The van der Waals surface area contributed by atoms with E-state index < -0.39 is 6.03 Å². The van der Waals surface area contributed by atoms with Crippen LogP contribution in [0, 0.1) is 13.8 Å². The molecule has 1 aromatic rings. The number of benzene rings is 1. The van der Waals surface area contributed by atoms with Gasteiger partial charge in [0.25, 0.3) is 0 Å². The number of guanidine groups is 1. The van der Waals surface area contributed by atoms with Gasteiger partial charge in [-0.05, 0) is 36.6 Å². The summed E-state index contributed by atoms with van der Waals surface area (Å²) in [7, 11) is 0. The minimum Gasteiger partial charge on any atom is -0.393 e. The number of hydrogen-bond donors (Lipinski definition) is 3. The van der Waals surface area contributed by atoms with E-state index in [9.17, 15) is 4.79 Å². The summed E-state index contributed by atoms with van der Waals surface area (Å²) in [5.41, 5.74) is 8.22. The fourth-order valence-corrected chi connectivity index (χ4v) is 1.50. The monoisotopic (exact) mass is 264 g/mol. The number of urea groups is 1. The first-order valence-electron chi connectivity index (χ1n) is 6.14. The lowest BCUT2D eigenvalue weighted by molar-refractivity contribution is 0.143. The minimum absolute atomic E-state index is 0.0720. The summed E-state index contributed by atoms with van der Waals surface area (Å²) in [5.74, 6) is -0.0720. The van der Waals surface area contributed by atoms with Crippen LogP contribution in [0.4, 0.5) is 10.5 Å². The number of nitrogens with zero attached hydrogens (tertiary/aromatic N) is 1. The van der Waals surface area contributed by atoms with Crippen molar-refractivity contribution in [2.45, 2.75) is 27.2 Å². The molecule has 104 valence electrons. The van der Waals surface area contributed by atoms with Crippen molar-refractivity contribution >= 4 is 17.7 Å². The fourth-order valence-electron chi connectivity index (χ4n) is 1.50. The van der Waals surface area contributed by atoms with Crippen LogP contribution >= 0.6 is 0 Å². The van der Waals surface area contributed by atoms with Crippen LogP contribution < -0.4 is 16.4 Å². The van der Waals surface area contributed by atoms with Gasteiger partial charge in [0.05, 0.1) is 0 Å². The summed E-state index contributed by atoms with van der Waals surface area (Å²) in [5, 5.41) is 8.69. The van der Waals surface area contributed by atoms with Crippen molar-refractivity contribution in [1.82, 2.24) is 5.32 Å². The van der Waals surface area contributed by atoms with Crippen LogP contribution in [-0.2, 0) is 4.84 Å². The third-order valence-electron chi connectivity index (χ3n) is 2.42. The molecule has 0 fully saturated rings. The maximum atomic E-state index is 11.7. The van der Waals surface area contributed by atoms with Crippen LogP contribution in [0.3, 0.4) is 0 Å². The van der Waals surface area contributed by atoms with Crippen LogP contribution in [0.1, 0.15) is 24.5 Å². The third-order valence-corrected chi connectivity index (χ3v) is 2.42. The molecule has 0 aromatic heterocycles. The van der Waals surface area contributed by atoms with Gasteiger partial charge in [0.15, 0.2) is 0 Å². The smallest absolute Gasteiger partial charge is 0.326 e. The summed E-state index contributed by atoms with van der Waals surface area (Å²) < 4.78 is 0. The zero-order chi connectivity index (χ0) is 14.3. The Labute approximate surface area is 113 Å². The van der Waals surface area contributed by atoms with Gasteiger partial charge in [-0.2, -0.15) is 0 Å². The zero-order valence-electron chi connectivity index (χ0n) is 11.5. The maximum absolute atomic E-state index is 11.7. The highest BCUT2D eigenvalue weighted by atomic mass is 16.6. The summed E-state index contributed by atoms with van der Waals surface area (Å²) in [6.45, 7) is 6.25. The number of aryl methyl sites for hydroxylation is 2. The standard InChI is InChI=1S/C13H20N4O2/c1-4-8-19-17-12(14)16-13(18)15-11-9(2)6-5-7-10(11)3/h5-7H,4,8H2,1-3H3,(H4,14,15,16,17,18). The topological polar surface area (TPSA) is 88.7 Å². The van der Waals surface area contributed by atoms with Crippen molar-refractivity contribution in [3.05, 3.63) is 29.3 Å². The molecule has 0 spiro atoms. The predicted octanol–water partition coefficient (Wildman–Crippen LogP) is 2.08. The Balaban J connectivity index is 2.58. The average molecular weight is 264 g/mol. The van der Waals surface area contributed by atoms with Crippen molar-refractivity contribution in [1.29, 1.82) is 0 Å². The lowest BCUT2D eigenvalue weighted by Crippen LogP contribution is -2.39. The molecule has 2 amide bonds. The van der Waals surface area contributed by atoms with Gasteiger partial charge in [-0.25, -0.2) is 4.79 Å². The van der Waals surface area contributed by atoms with E-state index in [1.54, 1.807) is 0 Å². The molecule has 19 heavy (non-hydrogen) atoms. The van der Waals surface area contributed by atoms with Gasteiger partial charge in [0, 0.05) is 5.69 Å². The molecule has 0 aliphatic heterocycles. The lowest BCUT2D eigenvalue weighted by atomic mass is 10.1. The SMILES string of the molecule is CCCON=C(N)NC(=O)Nc1c(C)cccc1C. The number of carbonyl (C=O) groups excluding carboxylic acids is 1. The van der Waals surface area contributed by atoms with E-state index in [1.165, 1.54) is 0 Å². The van der Waals surface area contributed by atoms with E-state index in [0.29, 0.717) is 6.61 Å². The quantitative estimate of drug-likeness (QED) is 0.336. The molecule has 6 heteroatoms. The van der Waals surface area contributed by atoms with Crippen molar-refractivity contribution in [2.24, 2.45) is 10.9 Å². The number of oxime groups is 1. The molecule has 0 bridgehead atoms. The van der Waals surface area contributed by atoms with Gasteiger partial charge >= 0.3 is 6.03 Å².